The Kier molecular flexibility index (Phi) is 4.91. The molecule has 2 aromatic rings. The minimum atomic E-state index is -3.14. The van der Waals surface area contributed by atoms with Gasteiger partial charge in [0.25, 0.3) is 0 Å². The lowest BCUT2D eigenvalue weighted by Gasteiger charge is -2.17. The summed E-state index contributed by atoms with van der Waals surface area (Å²) in [6, 6.07) is 3.74. The smallest absolute Gasteiger partial charge is 0.309 e. The van der Waals surface area contributed by atoms with Crippen LogP contribution in [0.15, 0.2) is 18.3 Å². The van der Waals surface area contributed by atoms with Gasteiger partial charge in [-0.05, 0) is 26.3 Å². The van der Waals surface area contributed by atoms with E-state index in [0.717, 1.165) is 23.5 Å². The fourth-order valence-corrected chi connectivity index (χ4v) is 3.72. The molecule has 110 valence electrons. The second-order valence-electron chi connectivity index (χ2n) is 4.30. The molecule has 0 aromatic carbocycles. The molecule has 0 unspecified atom stereocenters. The monoisotopic (exact) mass is 297 g/mol. The summed E-state index contributed by atoms with van der Waals surface area (Å²) in [6.07, 6.45) is 2.68. The molecule has 6 nitrogen and oxygen atoms in total. The Morgan fingerprint density at radius 2 is 1.95 bits per heavy atom. The van der Waals surface area contributed by atoms with Gasteiger partial charge in [0.15, 0.2) is 5.65 Å². The zero-order valence-corrected chi connectivity index (χ0v) is 13.0. The lowest BCUT2D eigenvalue weighted by atomic mass is 10.3. The molecule has 20 heavy (non-hydrogen) atoms. The lowest BCUT2D eigenvalue weighted by Crippen LogP contribution is -2.06. The van der Waals surface area contributed by atoms with E-state index in [1.54, 1.807) is 24.6 Å². The molecule has 0 fully saturated rings. The van der Waals surface area contributed by atoms with Gasteiger partial charge in [0.05, 0.1) is 31.3 Å². The van der Waals surface area contributed by atoms with Crippen molar-refractivity contribution in [3.05, 3.63) is 29.7 Å². The van der Waals surface area contributed by atoms with Crippen LogP contribution in [0.5, 0.6) is 0 Å². The summed E-state index contributed by atoms with van der Waals surface area (Å²) in [7, 11) is -3.14. The maximum atomic E-state index is 12.6. The molecule has 0 bridgehead atoms. The predicted octanol–water partition coefficient (Wildman–Crippen LogP) is 3.06. The van der Waals surface area contributed by atoms with Crippen LogP contribution >= 0.6 is 7.60 Å². The Hall–Kier alpha value is -1.23. The minimum absolute atomic E-state index is 0.197. The van der Waals surface area contributed by atoms with Crippen LogP contribution in [-0.2, 0) is 26.2 Å². The third-order valence-corrected chi connectivity index (χ3v) is 4.87. The Morgan fingerprint density at radius 1 is 1.25 bits per heavy atom. The van der Waals surface area contributed by atoms with Gasteiger partial charge in [-0.25, -0.2) is 9.50 Å². The van der Waals surface area contributed by atoms with E-state index >= 15 is 0 Å². The molecule has 0 aliphatic heterocycles. The van der Waals surface area contributed by atoms with Gasteiger partial charge in [-0.1, -0.05) is 6.92 Å². The molecule has 7 heteroatoms. The van der Waals surface area contributed by atoms with E-state index in [1.165, 1.54) is 0 Å². The van der Waals surface area contributed by atoms with Crippen LogP contribution in [0, 0.1) is 0 Å². The van der Waals surface area contributed by atoms with E-state index in [-0.39, 0.29) is 6.16 Å². The molecule has 0 aliphatic rings. The quantitative estimate of drug-likeness (QED) is 0.735. The number of hydrogen-bond acceptors (Lipinski definition) is 5. The Morgan fingerprint density at radius 3 is 2.55 bits per heavy atom. The number of rotatable bonds is 7. The molecule has 0 aliphatic carbocycles. The predicted molar refractivity (Wildman–Crippen MR) is 76.9 cm³/mol. The summed E-state index contributed by atoms with van der Waals surface area (Å²) >= 11 is 0. The number of nitrogens with zero attached hydrogens (tertiary/aromatic N) is 3. The van der Waals surface area contributed by atoms with Crippen molar-refractivity contribution in [1.82, 2.24) is 14.6 Å². The standard InChI is InChI=1S/C13H20N3O3P/c1-4-11-9-12(16-13(15-11)7-8-14-16)10-20(17,18-5-2)19-6-3/h7-9H,4-6,10H2,1-3H3. The van der Waals surface area contributed by atoms with E-state index in [9.17, 15) is 4.57 Å². The van der Waals surface area contributed by atoms with Crippen molar-refractivity contribution < 1.29 is 13.6 Å². The van der Waals surface area contributed by atoms with Crippen molar-refractivity contribution in [2.45, 2.75) is 33.4 Å². The van der Waals surface area contributed by atoms with Gasteiger partial charge in [-0.2, -0.15) is 5.10 Å². The summed E-state index contributed by atoms with van der Waals surface area (Å²) in [6.45, 7) is 6.35. The minimum Gasteiger partial charge on any atom is -0.309 e. The van der Waals surface area contributed by atoms with Gasteiger partial charge in [0.1, 0.15) is 0 Å². The van der Waals surface area contributed by atoms with Gasteiger partial charge in [-0.15, -0.1) is 0 Å². The molecule has 2 aromatic heterocycles. The SMILES string of the molecule is CCOP(=O)(Cc1cc(CC)nc2ccnn12)OCC. The van der Waals surface area contributed by atoms with Crippen LogP contribution in [0.4, 0.5) is 0 Å². The largest absolute Gasteiger partial charge is 0.336 e. The highest BCUT2D eigenvalue weighted by Gasteiger charge is 2.26. The van der Waals surface area contributed by atoms with Crippen molar-refractivity contribution in [1.29, 1.82) is 0 Å². The summed E-state index contributed by atoms with van der Waals surface area (Å²) < 4.78 is 25.0. The molecule has 0 spiro atoms. The Balaban J connectivity index is 2.40. The van der Waals surface area contributed by atoms with Crippen molar-refractivity contribution in [2.75, 3.05) is 13.2 Å². The average Bonchev–Trinajstić information content (AvgIpc) is 2.87. The van der Waals surface area contributed by atoms with E-state index in [2.05, 4.69) is 10.1 Å². The highest BCUT2D eigenvalue weighted by atomic mass is 31.2. The number of aryl methyl sites for hydroxylation is 1. The van der Waals surface area contributed by atoms with Gasteiger partial charge >= 0.3 is 7.60 Å². The van der Waals surface area contributed by atoms with Crippen LogP contribution in [0.3, 0.4) is 0 Å². The molecule has 0 saturated carbocycles. The van der Waals surface area contributed by atoms with Crippen LogP contribution in [0.2, 0.25) is 0 Å². The summed E-state index contributed by atoms with van der Waals surface area (Å²) in [4.78, 5) is 4.47. The molecule has 0 atom stereocenters. The second-order valence-corrected chi connectivity index (χ2v) is 6.35. The Bertz CT molecular complexity index is 616. The summed E-state index contributed by atoms with van der Waals surface area (Å²) in [5, 5.41) is 4.22. The molecular formula is C13H20N3O3P. The average molecular weight is 297 g/mol. The molecule has 0 radical (unpaired) electrons. The fourth-order valence-electron chi connectivity index (χ4n) is 2.05. The van der Waals surface area contributed by atoms with Gasteiger partial charge in [-0.3, -0.25) is 4.57 Å². The zero-order valence-electron chi connectivity index (χ0n) is 12.1. The summed E-state index contributed by atoms with van der Waals surface area (Å²) in [5.41, 5.74) is 2.48. The van der Waals surface area contributed by atoms with Gasteiger partial charge in [0, 0.05) is 11.8 Å². The highest BCUT2D eigenvalue weighted by Crippen LogP contribution is 2.51. The van der Waals surface area contributed by atoms with Crippen molar-refractivity contribution in [2.24, 2.45) is 0 Å². The zero-order chi connectivity index (χ0) is 14.6. The van der Waals surface area contributed by atoms with E-state index in [1.807, 2.05) is 19.1 Å². The molecule has 2 heterocycles. The van der Waals surface area contributed by atoms with E-state index < -0.39 is 7.60 Å². The number of aromatic nitrogens is 3. The van der Waals surface area contributed by atoms with Gasteiger partial charge in [0.2, 0.25) is 0 Å². The lowest BCUT2D eigenvalue weighted by molar-refractivity contribution is 0.218. The fraction of sp³-hybridized carbons (Fsp3) is 0.538. The van der Waals surface area contributed by atoms with Crippen LogP contribution in [0.25, 0.3) is 5.65 Å². The molecule has 0 N–H and O–H groups in total. The molecule has 0 amide bonds. The maximum absolute atomic E-state index is 12.6. The highest BCUT2D eigenvalue weighted by molar-refractivity contribution is 7.53. The van der Waals surface area contributed by atoms with Crippen molar-refractivity contribution in [3.63, 3.8) is 0 Å². The normalized spacial score (nSPS) is 12.2. The van der Waals surface area contributed by atoms with Crippen LogP contribution in [-0.4, -0.2) is 27.8 Å². The molecule has 2 rings (SSSR count). The van der Waals surface area contributed by atoms with Crippen LogP contribution < -0.4 is 0 Å². The molecule has 0 saturated heterocycles. The first-order chi connectivity index (χ1) is 9.61. The van der Waals surface area contributed by atoms with Crippen molar-refractivity contribution in [3.8, 4) is 0 Å². The second kappa shape index (κ2) is 6.48. The Labute approximate surface area is 118 Å². The summed E-state index contributed by atoms with van der Waals surface area (Å²) in [5.74, 6) is 0. The van der Waals surface area contributed by atoms with Gasteiger partial charge < -0.3 is 9.05 Å². The molecular weight excluding hydrogens is 277 g/mol. The maximum Gasteiger partial charge on any atom is 0.336 e. The first-order valence-corrected chi connectivity index (χ1v) is 8.55. The van der Waals surface area contributed by atoms with E-state index in [4.69, 9.17) is 9.05 Å². The van der Waals surface area contributed by atoms with E-state index in [0.29, 0.717) is 13.2 Å². The third-order valence-electron chi connectivity index (χ3n) is 2.86. The van der Waals surface area contributed by atoms with Crippen molar-refractivity contribution >= 4 is 13.2 Å². The topological polar surface area (TPSA) is 65.7 Å². The van der Waals surface area contributed by atoms with Crippen LogP contribution in [0.1, 0.15) is 32.2 Å². The number of fused-ring (bicyclic) bond motifs is 1. The number of hydrogen-bond donors (Lipinski definition) is 0. The third kappa shape index (κ3) is 3.26. The first kappa shape index (κ1) is 15.2. The first-order valence-electron chi connectivity index (χ1n) is 6.82.